The first-order valence-electron chi connectivity index (χ1n) is 7.37. The molecule has 0 unspecified atom stereocenters. The number of aryl methyl sites for hydroxylation is 1. The largest absolute Gasteiger partial charge is 0.353 e. The van der Waals surface area contributed by atoms with E-state index < -0.39 is 5.82 Å². The maximum absolute atomic E-state index is 13.4. The molecule has 2 aromatic heterocycles. The number of benzene rings is 1. The van der Waals surface area contributed by atoms with Gasteiger partial charge in [-0.3, -0.25) is 0 Å². The highest BCUT2D eigenvalue weighted by molar-refractivity contribution is 6.33. The third kappa shape index (κ3) is 3.37. The summed E-state index contributed by atoms with van der Waals surface area (Å²) in [7, 11) is 0. The summed E-state index contributed by atoms with van der Waals surface area (Å²) in [6, 6.07) is 4.18. The van der Waals surface area contributed by atoms with E-state index >= 15 is 0 Å². The second kappa shape index (κ2) is 6.94. The van der Waals surface area contributed by atoms with E-state index in [1.54, 1.807) is 18.5 Å². The van der Waals surface area contributed by atoms with Crippen molar-refractivity contribution < 1.29 is 4.39 Å². The molecule has 6 nitrogen and oxygen atoms in total. The molecule has 4 N–H and O–H groups in total. The fourth-order valence-electron chi connectivity index (χ4n) is 2.26. The number of hydrogen-bond donors (Lipinski definition) is 3. The van der Waals surface area contributed by atoms with Crippen LogP contribution in [0.1, 0.15) is 5.69 Å². The molecule has 0 bridgehead atoms. The van der Waals surface area contributed by atoms with Gasteiger partial charge in [-0.15, -0.1) is 0 Å². The van der Waals surface area contributed by atoms with Crippen LogP contribution < -0.4 is 11.1 Å². The fourth-order valence-corrected chi connectivity index (χ4v) is 2.52. The molecule has 0 aliphatic heterocycles. The maximum Gasteiger partial charge on any atom is 0.223 e. The molecule has 1 aromatic carbocycles. The summed E-state index contributed by atoms with van der Waals surface area (Å²) in [4.78, 5) is 16.3. The van der Waals surface area contributed by atoms with E-state index in [-0.39, 0.29) is 5.02 Å². The van der Waals surface area contributed by atoms with Crippen LogP contribution in [-0.2, 0) is 0 Å². The SMILES string of the molecule is Cc1cnc(-c2cnc(NCCN)nc2-c2ccc(F)cc2Cl)[nH]1. The predicted molar refractivity (Wildman–Crippen MR) is 92.3 cm³/mol. The number of aromatic nitrogens is 4. The average Bonchev–Trinajstić information content (AvgIpc) is 2.99. The molecule has 2 heterocycles. The van der Waals surface area contributed by atoms with E-state index in [1.165, 1.54) is 12.1 Å². The Hall–Kier alpha value is -2.51. The van der Waals surface area contributed by atoms with E-state index in [4.69, 9.17) is 17.3 Å². The van der Waals surface area contributed by atoms with Crippen molar-refractivity contribution in [3.8, 4) is 22.6 Å². The first kappa shape index (κ1) is 16.4. The third-order valence-corrected chi connectivity index (χ3v) is 3.67. The number of rotatable bonds is 5. The lowest BCUT2D eigenvalue weighted by Gasteiger charge is -2.11. The number of aromatic amines is 1. The van der Waals surface area contributed by atoms with Crippen molar-refractivity contribution in [3.05, 3.63) is 47.1 Å². The molecule has 124 valence electrons. The molecule has 3 rings (SSSR count). The molecule has 0 amide bonds. The van der Waals surface area contributed by atoms with E-state index in [0.29, 0.717) is 41.7 Å². The lowest BCUT2D eigenvalue weighted by atomic mass is 10.1. The molecule has 0 aliphatic carbocycles. The number of hydrogen-bond acceptors (Lipinski definition) is 5. The second-order valence-electron chi connectivity index (χ2n) is 5.21. The Kier molecular flexibility index (Phi) is 4.73. The molecule has 0 aliphatic rings. The fraction of sp³-hybridized carbons (Fsp3) is 0.188. The summed E-state index contributed by atoms with van der Waals surface area (Å²) in [5.74, 6) is 0.630. The first-order chi connectivity index (χ1) is 11.6. The Bertz CT molecular complexity index is 864. The van der Waals surface area contributed by atoms with Gasteiger partial charge >= 0.3 is 0 Å². The highest BCUT2D eigenvalue weighted by atomic mass is 35.5. The van der Waals surface area contributed by atoms with Crippen LogP contribution in [0.4, 0.5) is 10.3 Å². The van der Waals surface area contributed by atoms with Crippen molar-refractivity contribution in [2.45, 2.75) is 6.92 Å². The van der Waals surface area contributed by atoms with Crippen LogP contribution in [0.5, 0.6) is 0 Å². The molecule has 3 aromatic rings. The molecule has 0 saturated heterocycles. The van der Waals surface area contributed by atoms with Crippen LogP contribution in [0.3, 0.4) is 0 Å². The van der Waals surface area contributed by atoms with Crippen molar-refractivity contribution in [3.63, 3.8) is 0 Å². The maximum atomic E-state index is 13.4. The van der Waals surface area contributed by atoms with Gasteiger partial charge in [0.15, 0.2) is 0 Å². The van der Waals surface area contributed by atoms with Crippen molar-refractivity contribution in [1.82, 2.24) is 19.9 Å². The normalized spacial score (nSPS) is 10.8. The standard InChI is InChI=1S/C16H16ClFN6/c1-9-7-21-15(23-9)12-8-22-16(20-5-4-19)24-14(12)11-3-2-10(18)6-13(11)17/h2-3,6-8H,4-5,19H2,1H3,(H,21,23)(H,20,22,24). The lowest BCUT2D eigenvalue weighted by molar-refractivity contribution is 0.628. The summed E-state index contributed by atoms with van der Waals surface area (Å²) in [6.45, 7) is 2.89. The van der Waals surface area contributed by atoms with E-state index in [2.05, 4.69) is 25.3 Å². The molecule has 8 heteroatoms. The molecule has 0 fully saturated rings. The Balaban J connectivity index is 2.15. The third-order valence-electron chi connectivity index (χ3n) is 3.36. The Morgan fingerprint density at radius 2 is 2.08 bits per heavy atom. The van der Waals surface area contributed by atoms with Crippen LogP contribution in [0, 0.1) is 12.7 Å². The molecule has 0 spiro atoms. The van der Waals surface area contributed by atoms with Crippen LogP contribution in [0.15, 0.2) is 30.6 Å². The number of nitrogens with zero attached hydrogens (tertiary/aromatic N) is 3. The summed E-state index contributed by atoms with van der Waals surface area (Å²) in [6.07, 6.45) is 3.37. The number of halogens is 2. The lowest BCUT2D eigenvalue weighted by Crippen LogP contribution is -2.15. The summed E-state index contributed by atoms with van der Waals surface area (Å²) in [5.41, 5.74) is 8.24. The van der Waals surface area contributed by atoms with Crippen LogP contribution in [0.2, 0.25) is 5.02 Å². The molecule has 0 radical (unpaired) electrons. The van der Waals surface area contributed by atoms with Crippen molar-refractivity contribution in [2.24, 2.45) is 5.73 Å². The van der Waals surface area contributed by atoms with Gasteiger partial charge in [-0.05, 0) is 25.1 Å². The topological polar surface area (TPSA) is 92.5 Å². The van der Waals surface area contributed by atoms with Crippen molar-refractivity contribution >= 4 is 17.5 Å². The zero-order valence-electron chi connectivity index (χ0n) is 13.0. The number of anilines is 1. The number of imidazole rings is 1. The van der Waals surface area contributed by atoms with Crippen LogP contribution in [0.25, 0.3) is 22.6 Å². The van der Waals surface area contributed by atoms with Crippen LogP contribution in [-0.4, -0.2) is 33.0 Å². The smallest absolute Gasteiger partial charge is 0.223 e. The quantitative estimate of drug-likeness (QED) is 0.660. The van der Waals surface area contributed by atoms with Crippen LogP contribution >= 0.6 is 11.6 Å². The highest BCUT2D eigenvalue weighted by Crippen LogP contribution is 2.34. The monoisotopic (exact) mass is 346 g/mol. The minimum atomic E-state index is -0.408. The number of H-pyrrole nitrogens is 1. The van der Waals surface area contributed by atoms with Gasteiger partial charge in [0.1, 0.15) is 11.6 Å². The molecule has 0 atom stereocenters. The minimum Gasteiger partial charge on any atom is -0.353 e. The molecule has 0 saturated carbocycles. The Labute approximate surface area is 143 Å². The molecular weight excluding hydrogens is 331 g/mol. The number of nitrogens with two attached hydrogens (primary N) is 1. The van der Waals surface area contributed by atoms with Gasteiger partial charge in [-0.2, -0.15) is 0 Å². The summed E-state index contributed by atoms with van der Waals surface area (Å²) >= 11 is 6.21. The highest BCUT2D eigenvalue weighted by Gasteiger charge is 2.16. The van der Waals surface area contributed by atoms with Gasteiger partial charge in [-0.1, -0.05) is 11.6 Å². The zero-order valence-corrected chi connectivity index (χ0v) is 13.7. The van der Waals surface area contributed by atoms with E-state index in [1.807, 2.05) is 6.92 Å². The Morgan fingerprint density at radius 3 is 2.75 bits per heavy atom. The van der Waals surface area contributed by atoms with Crippen molar-refractivity contribution in [2.75, 3.05) is 18.4 Å². The van der Waals surface area contributed by atoms with E-state index in [9.17, 15) is 4.39 Å². The van der Waals surface area contributed by atoms with Gasteiger partial charge in [0.2, 0.25) is 5.95 Å². The van der Waals surface area contributed by atoms with Gasteiger partial charge in [0.25, 0.3) is 0 Å². The van der Waals surface area contributed by atoms with Gasteiger partial charge in [0.05, 0.1) is 16.3 Å². The molecule has 24 heavy (non-hydrogen) atoms. The average molecular weight is 347 g/mol. The first-order valence-corrected chi connectivity index (χ1v) is 7.74. The molecular formula is C16H16ClFN6. The van der Waals surface area contributed by atoms with Gasteiger partial charge < -0.3 is 16.0 Å². The zero-order chi connectivity index (χ0) is 17.1. The summed E-state index contributed by atoms with van der Waals surface area (Å²) < 4.78 is 13.4. The number of nitrogens with one attached hydrogen (secondary N) is 2. The second-order valence-corrected chi connectivity index (χ2v) is 5.62. The van der Waals surface area contributed by atoms with Gasteiger partial charge in [0, 0.05) is 36.7 Å². The van der Waals surface area contributed by atoms with Gasteiger partial charge in [-0.25, -0.2) is 19.3 Å². The van der Waals surface area contributed by atoms with E-state index in [0.717, 1.165) is 5.69 Å². The summed E-state index contributed by atoms with van der Waals surface area (Å²) in [5, 5.41) is 3.29. The minimum absolute atomic E-state index is 0.267. The predicted octanol–water partition coefficient (Wildman–Crippen LogP) is 3.01. The van der Waals surface area contributed by atoms with Crippen molar-refractivity contribution in [1.29, 1.82) is 0 Å². The Morgan fingerprint density at radius 1 is 1.25 bits per heavy atom.